The number of benzene rings is 2. The number of rotatable bonds is 5. The van der Waals surface area contributed by atoms with E-state index in [2.05, 4.69) is 4.98 Å². The van der Waals surface area contributed by atoms with Crippen LogP contribution in [0.3, 0.4) is 0 Å². The second-order valence-corrected chi connectivity index (χ2v) is 7.34. The van der Waals surface area contributed by atoms with Crippen molar-refractivity contribution in [3.8, 4) is 17.2 Å². The highest BCUT2D eigenvalue weighted by Crippen LogP contribution is 2.28. The van der Waals surface area contributed by atoms with Gasteiger partial charge in [-0.3, -0.25) is 9.59 Å². The Bertz CT molecular complexity index is 1060. The molecule has 6 nitrogen and oxygen atoms in total. The van der Waals surface area contributed by atoms with Crippen LogP contribution in [0.15, 0.2) is 46.9 Å². The third-order valence-electron chi connectivity index (χ3n) is 5.46. The van der Waals surface area contributed by atoms with Crippen LogP contribution in [0.5, 0.6) is 5.75 Å². The van der Waals surface area contributed by atoms with E-state index < -0.39 is 0 Å². The number of likely N-dealkylation sites (tertiary alicyclic amines) is 1. The summed E-state index contributed by atoms with van der Waals surface area (Å²) in [4.78, 5) is 31.4. The highest BCUT2D eigenvalue weighted by molar-refractivity contribution is 5.97. The molecule has 150 valence electrons. The van der Waals surface area contributed by atoms with Crippen LogP contribution in [0.25, 0.3) is 22.6 Å². The van der Waals surface area contributed by atoms with Crippen molar-refractivity contribution in [2.45, 2.75) is 26.2 Å². The predicted molar refractivity (Wildman–Crippen MR) is 110 cm³/mol. The molecule has 6 heteroatoms. The topological polar surface area (TPSA) is 72.6 Å². The van der Waals surface area contributed by atoms with Crippen LogP contribution in [0, 0.1) is 5.92 Å². The lowest BCUT2D eigenvalue weighted by Gasteiger charge is -2.32. The minimum absolute atomic E-state index is 0.0497. The molecule has 0 bridgehead atoms. The van der Waals surface area contributed by atoms with Crippen LogP contribution in [-0.4, -0.2) is 41.8 Å². The van der Waals surface area contributed by atoms with Gasteiger partial charge in [0.25, 0.3) is 5.91 Å². The van der Waals surface area contributed by atoms with Crippen molar-refractivity contribution in [1.29, 1.82) is 0 Å². The molecular weight excluding hydrogens is 368 g/mol. The second kappa shape index (κ2) is 8.07. The number of aromatic nitrogens is 1. The molecule has 3 aromatic rings. The Morgan fingerprint density at radius 2 is 2.10 bits per heavy atom. The van der Waals surface area contributed by atoms with Gasteiger partial charge in [0, 0.05) is 36.6 Å². The maximum absolute atomic E-state index is 13.0. The van der Waals surface area contributed by atoms with E-state index >= 15 is 0 Å². The number of nitrogens with zero attached hydrogens (tertiary/aromatic N) is 2. The minimum atomic E-state index is -0.0696. The first-order valence-electron chi connectivity index (χ1n) is 9.96. The summed E-state index contributed by atoms with van der Waals surface area (Å²) in [6.07, 6.45) is 2.23. The van der Waals surface area contributed by atoms with Gasteiger partial charge in [-0.25, -0.2) is 4.98 Å². The van der Waals surface area contributed by atoms with Crippen molar-refractivity contribution in [2.24, 2.45) is 5.92 Å². The average Bonchev–Trinajstić information content (AvgIpc) is 3.21. The Labute approximate surface area is 169 Å². The van der Waals surface area contributed by atoms with Crippen LogP contribution in [0.2, 0.25) is 0 Å². The van der Waals surface area contributed by atoms with Gasteiger partial charge >= 0.3 is 0 Å². The van der Waals surface area contributed by atoms with Gasteiger partial charge in [-0.15, -0.1) is 0 Å². The molecule has 1 unspecified atom stereocenters. The molecule has 1 aromatic heterocycles. The van der Waals surface area contributed by atoms with E-state index in [9.17, 15) is 9.59 Å². The molecule has 1 fully saturated rings. The van der Waals surface area contributed by atoms with Crippen LogP contribution in [0.4, 0.5) is 0 Å². The molecule has 0 saturated carbocycles. The Hall–Kier alpha value is -3.15. The molecule has 1 atom stereocenters. The second-order valence-electron chi connectivity index (χ2n) is 7.34. The van der Waals surface area contributed by atoms with Crippen molar-refractivity contribution in [3.63, 3.8) is 0 Å². The highest BCUT2D eigenvalue weighted by atomic mass is 16.5. The molecule has 2 aromatic carbocycles. The van der Waals surface area contributed by atoms with Crippen LogP contribution < -0.4 is 4.74 Å². The van der Waals surface area contributed by atoms with Crippen LogP contribution >= 0.6 is 0 Å². The standard InChI is InChI=1S/C23H24N2O4/c1-3-20(26)17-7-5-11-25(14-17)23(27)16-9-10-19-21(13-16)29-22(24-19)15-6-4-8-18(12-15)28-2/h4,6,8-10,12-13,17H,3,5,7,11,14H2,1-2H3. The van der Waals surface area contributed by atoms with Gasteiger partial charge in [0.05, 0.1) is 7.11 Å². The van der Waals surface area contributed by atoms with Crippen molar-refractivity contribution < 1.29 is 18.7 Å². The number of fused-ring (bicyclic) bond motifs is 1. The third-order valence-corrected chi connectivity index (χ3v) is 5.46. The normalized spacial score (nSPS) is 16.8. The molecule has 1 aliphatic heterocycles. The van der Waals surface area contributed by atoms with E-state index in [1.807, 2.05) is 31.2 Å². The first-order chi connectivity index (χ1) is 14.1. The number of carbonyl (C=O) groups excluding carboxylic acids is 2. The summed E-state index contributed by atoms with van der Waals surface area (Å²) in [5.41, 5.74) is 2.62. The Balaban J connectivity index is 1.58. The number of amides is 1. The average molecular weight is 392 g/mol. The Morgan fingerprint density at radius 1 is 1.24 bits per heavy atom. The van der Waals surface area contributed by atoms with Gasteiger partial charge in [0.2, 0.25) is 5.89 Å². The monoisotopic (exact) mass is 392 g/mol. The smallest absolute Gasteiger partial charge is 0.254 e. The number of hydrogen-bond donors (Lipinski definition) is 0. The van der Waals surface area contributed by atoms with Gasteiger partial charge in [0.1, 0.15) is 17.0 Å². The maximum Gasteiger partial charge on any atom is 0.254 e. The van der Waals surface area contributed by atoms with Crippen molar-refractivity contribution in [2.75, 3.05) is 20.2 Å². The maximum atomic E-state index is 13.0. The molecule has 4 rings (SSSR count). The fraction of sp³-hybridized carbons (Fsp3) is 0.348. The van der Waals surface area contributed by atoms with Crippen molar-refractivity contribution >= 4 is 22.8 Å². The van der Waals surface area contributed by atoms with E-state index in [1.54, 1.807) is 30.2 Å². The van der Waals surface area contributed by atoms with E-state index in [0.717, 1.165) is 24.2 Å². The van der Waals surface area contributed by atoms with Crippen LogP contribution in [0.1, 0.15) is 36.5 Å². The lowest BCUT2D eigenvalue weighted by atomic mass is 9.92. The van der Waals surface area contributed by atoms with E-state index in [1.165, 1.54) is 0 Å². The Kier molecular flexibility index (Phi) is 5.34. The molecule has 1 saturated heterocycles. The summed E-state index contributed by atoms with van der Waals surface area (Å²) in [5, 5.41) is 0. The molecule has 0 spiro atoms. The zero-order valence-electron chi connectivity index (χ0n) is 16.7. The first kappa shape index (κ1) is 19.2. The molecular formula is C23H24N2O4. The summed E-state index contributed by atoms with van der Waals surface area (Å²) in [6.45, 7) is 3.05. The largest absolute Gasteiger partial charge is 0.497 e. The number of methoxy groups -OCH3 is 1. The number of piperidine rings is 1. The third kappa shape index (κ3) is 3.88. The number of ketones is 1. The lowest BCUT2D eigenvalue weighted by molar-refractivity contribution is -0.123. The summed E-state index contributed by atoms with van der Waals surface area (Å²) in [7, 11) is 1.61. The molecule has 0 radical (unpaired) electrons. The van der Waals surface area contributed by atoms with Gasteiger partial charge in [-0.1, -0.05) is 13.0 Å². The molecule has 29 heavy (non-hydrogen) atoms. The van der Waals surface area contributed by atoms with Gasteiger partial charge in [-0.05, 0) is 49.2 Å². The Morgan fingerprint density at radius 3 is 2.90 bits per heavy atom. The summed E-state index contributed by atoms with van der Waals surface area (Å²) in [5.74, 6) is 1.32. The van der Waals surface area contributed by atoms with Crippen LogP contribution in [-0.2, 0) is 4.79 Å². The van der Waals surface area contributed by atoms with Gasteiger partial charge < -0.3 is 14.1 Å². The SMILES string of the molecule is CCC(=O)C1CCCN(C(=O)c2ccc3nc(-c4cccc(OC)c4)oc3c2)C1. The number of ether oxygens (including phenoxy) is 1. The summed E-state index contributed by atoms with van der Waals surface area (Å²) >= 11 is 0. The number of Topliss-reactive ketones (excluding diaryl/α,β-unsaturated/α-hetero) is 1. The molecule has 0 N–H and O–H groups in total. The van der Waals surface area contributed by atoms with Gasteiger partial charge in [0.15, 0.2) is 5.58 Å². The lowest BCUT2D eigenvalue weighted by Crippen LogP contribution is -2.42. The predicted octanol–water partition coefficient (Wildman–Crippen LogP) is 4.33. The van der Waals surface area contributed by atoms with E-state index in [0.29, 0.717) is 42.1 Å². The molecule has 2 heterocycles. The number of carbonyl (C=O) groups is 2. The quantitative estimate of drug-likeness (QED) is 0.646. The fourth-order valence-electron chi connectivity index (χ4n) is 3.83. The van der Waals surface area contributed by atoms with E-state index in [-0.39, 0.29) is 17.6 Å². The first-order valence-corrected chi connectivity index (χ1v) is 9.96. The minimum Gasteiger partial charge on any atom is -0.497 e. The van der Waals surface area contributed by atoms with Gasteiger partial charge in [-0.2, -0.15) is 0 Å². The highest BCUT2D eigenvalue weighted by Gasteiger charge is 2.28. The number of hydrogen-bond acceptors (Lipinski definition) is 5. The van der Waals surface area contributed by atoms with Crippen molar-refractivity contribution in [3.05, 3.63) is 48.0 Å². The van der Waals surface area contributed by atoms with E-state index in [4.69, 9.17) is 9.15 Å². The summed E-state index contributed by atoms with van der Waals surface area (Å²) < 4.78 is 11.2. The zero-order chi connectivity index (χ0) is 20.4. The fourth-order valence-corrected chi connectivity index (χ4v) is 3.83. The summed E-state index contributed by atoms with van der Waals surface area (Å²) in [6, 6.07) is 12.8. The molecule has 0 aliphatic carbocycles. The number of oxazole rings is 1. The molecule has 1 amide bonds. The zero-order valence-corrected chi connectivity index (χ0v) is 16.7. The van der Waals surface area contributed by atoms with Crippen molar-refractivity contribution in [1.82, 2.24) is 9.88 Å². The molecule has 1 aliphatic rings.